The molecule has 0 amide bonds. The van der Waals surface area contributed by atoms with Gasteiger partial charge in [0.05, 0.1) is 5.41 Å². The van der Waals surface area contributed by atoms with Gasteiger partial charge in [-0.25, -0.2) is 0 Å². The average Bonchev–Trinajstić information content (AvgIpc) is 2.20. The summed E-state index contributed by atoms with van der Waals surface area (Å²) in [5.74, 6) is -0.787. The molecule has 0 saturated carbocycles. The van der Waals surface area contributed by atoms with E-state index in [0.29, 0.717) is 13.1 Å². The first-order valence-electron chi connectivity index (χ1n) is 5.58. The topological polar surface area (TPSA) is 66.6 Å². The molecule has 3 N–H and O–H groups in total. The van der Waals surface area contributed by atoms with Crippen LogP contribution in [-0.2, 0) is 11.3 Å². The van der Waals surface area contributed by atoms with E-state index in [1.807, 2.05) is 36.2 Å². The molecule has 0 fully saturated rings. The van der Waals surface area contributed by atoms with Gasteiger partial charge in [0.15, 0.2) is 0 Å². The Morgan fingerprint density at radius 3 is 2.53 bits per heavy atom. The molecule has 1 aromatic carbocycles. The van der Waals surface area contributed by atoms with Crippen LogP contribution in [-0.4, -0.2) is 29.6 Å². The summed E-state index contributed by atoms with van der Waals surface area (Å²) in [7, 11) is 1.90. The number of carboxylic acids is 1. The van der Waals surface area contributed by atoms with Crippen molar-refractivity contribution in [2.75, 3.05) is 19.3 Å². The first-order chi connectivity index (χ1) is 7.83. The van der Waals surface area contributed by atoms with Crippen molar-refractivity contribution in [3.8, 4) is 0 Å². The van der Waals surface area contributed by atoms with Gasteiger partial charge < -0.3 is 15.7 Å². The van der Waals surface area contributed by atoms with Gasteiger partial charge in [-0.3, -0.25) is 4.79 Å². The minimum atomic E-state index is -0.787. The van der Waals surface area contributed by atoms with Crippen molar-refractivity contribution < 1.29 is 9.90 Å². The highest BCUT2D eigenvalue weighted by molar-refractivity contribution is 5.73. The summed E-state index contributed by atoms with van der Waals surface area (Å²) in [5.41, 5.74) is 6.87. The maximum Gasteiger partial charge on any atom is 0.310 e. The highest BCUT2D eigenvalue weighted by atomic mass is 16.4. The largest absolute Gasteiger partial charge is 0.481 e. The number of carbonyl (C=O) groups is 1. The van der Waals surface area contributed by atoms with Crippen LogP contribution in [0.25, 0.3) is 0 Å². The highest BCUT2D eigenvalue weighted by Gasteiger charge is 2.28. The Morgan fingerprint density at radius 1 is 1.41 bits per heavy atom. The van der Waals surface area contributed by atoms with Crippen LogP contribution < -0.4 is 5.73 Å². The van der Waals surface area contributed by atoms with Crippen LogP contribution in [0, 0.1) is 5.41 Å². The van der Waals surface area contributed by atoms with Gasteiger partial charge in [-0.1, -0.05) is 18.2 Å². The maximum atomic E-state index is 11.0. The first kappa shape index (κ1) is 13.5. The Bertz CT molecular complexity index is 402. The van der Waals surface area contributed by atoms with E-state index in [1.165, 1.54) is 0 Å². The summed E-state index contributed by atoms with van der Waals surface area (Å²) >= 11 is 0. The molecule has 0 radical (unpaired) electrons. The molecular formula is C13H20N2O2. The summed E-state index contributed by atoms with van der Waals surface area (Å²) in [5, 5.41) is 9.06. The number of para-hydroxylation sites is 1. The minimum Gasteiger partial charge on any atom is -0.481 e. The minimum absolute atomic E-state index is 0.483. The lowest BCUT2D eigenvalue weighted by molar-refractivity contribution is -0.147. The number of benzene rings is 1. The van der Waals surface area contributed by atoms with Crippen molar-refractivity contribution in [3.05, 3.63) is 29.8 Å². The maximum absolute atomic E-state index is 11.0. The Hall–Kier alpha value is -1.55. The zero-order chi connectivity index (χ0) is 13.1. The number of rotatable bonds is 5. The number of nitrogen functional groups attached to an aromatic ring is 1. The van der Waals surface area contributed by atoms with Crippen LogP contribution in [0.2, 0.25) is 0 Å². The molecule has 4 heteroatoms. The predicted octanol–water partition coefficient (Wildman–Crippen LogP) is 1.81. The molecule has 0 aliphatic heterocycles. The fourth-order valence-electron chi connectivity index (χ4n) is 1.77. The van der Waals surface area contributed by atoms with Crippen LogP contribution >= 0.6 is 0 Å². The molecule has 0 saturated heterocycles. The van der Waals surface area contributed by atoms with Gasteiger partial charge in [0, 0.05) is 18.8 Å². The van der Waals surface area contributed by atoms with E-state index in [2.05, 4.69) is 0 Å². The van der Waals surface area contributed by atoms with Gasteiger partial charge in [0.2, 0.25) is 0 Å². The zero-order valence-electron chi connectivity index (χ0n) is 10.6. The highest BCUT2D eigenvalue weighted by Crippen LogP contribution is 2.19. The second-order valence-electron chi connectivity index (χ2n) is 5.06. The second-order valence-corrected chi connectivity index (χ2v) is 5.06. The molecule has 17 heavy (non-hydrogen) atoms. The van der Waals surface area contributed by atoms with Gasteiger partial charge >= 0.3 is 5.97 Å². The molecule has 94 valence electrons. The normalized spacial score (nSPS) is 11.8. The number of hydrogen-bond acceptors (Lipinski definition) is 3. The lowest BCUT2D eigenvalue weighted by Crippen LogP contribution is -2.37. The number of carboxylic acid groups (broad SMARTS) is 1. The van der Waals surface area contributed by atoms with E-state index >= 15 is 0 Å². The number of nitrogens with zero attached hydrogens (tertiary/aromatic N) is 1. The van der Waals surface area contributed by atoms with Crippen molar-refractivity contribution in [3.63, 3.8) is 0 Å². The third-order valence-corrected chi connectivity index (χ3v) is 2.74. The zero-order valence-corrected chi connectivity index (χ0v) is 10.6. The number of aliphatic carboxylic acids is 1. The van der Waals surface area contributed by atoms with Crippen LogP contribution in [0.15, 0.2) is 24.3 Å². The van der Waals surface area contributed by atoms with E-state index in [4.69, 9.17) is 10.8 Å². The Labute approximate surface area is 102 Å². The number of hydrogen-bond donors (Lipinski definition) is 2. The van der Waals surface area contributed by atoms with Crippen LogP contribution in [0.3, 0.4) is 0 Å². The van der Waals surface area contributed by atoms with Crippen molar-refractivity contribution >= 4 is 11.7 Å². The predicted molar refractivity (Wildman–Crippen MR) is 68.6 cm³/mol. The molecule has 0 unspecified atom stereocenters. The molecule has 0 spiro atoms. The summed E-state index contributed by atoms with van der Waals surface area (Å²) in [6.07, 6.45) is 0. The Balaban J connectivity index is 2.65. The Kier molecular flexibility index (Phi) is 4.12. The van der Waals surface area contributed by atoms with E-state index in [-0.39, 0.29) is 0 Å². The molecule has 0 bridgehead atoms. The molecule has 0 aliphatic carbocycles. The lowest BCUT2D eigenvalue weighted by atomic mass is 9.93. The molecule has 0 aliphatic rings. The molecule has 0 heterocycles. The standard InChI is InChI=1S/C13H20N2O2/c1-13(2,12(16)17)9-15(3)8-10-6-4-5-7-11(10)14/h4-7H,8-9,14H2,1-3H3,(H,16,17). The molecule has 0 atom stereocenters. The van der Waals surface area contributed by atoms with Crippen molar-refractivity contribution in [2.45, 2.75) is 20.4 Å². The summed E-state index contributed by atoms with van der Waals surface area (Å²) in [6, 6.07) is 7.63. The summed E-state index contributed by atoms with van der Waals surface area (Å²) in [4.78, 5) is 13.0. The van der Waals surface area contributed by atoms with Gasteiger partial charge in [-0.2, -0.15) is 0 Å². The Morgan fingerprint density at radius 2 is 2.00 bits per heavy atom. The number of anilines is 1. The van der Waals surface area contributed by atoms with Gasteiger partial charge in [0.25, 0.3) is 0 Å². The van der Waals surface area contributed by atoms with Crippen molar-refractivity contribution in [2.24, 2.45) is 5.41 Å². The van der Waals surface area contributed by atoms with Crippen molar-refractivity contribution in [1.29, 1.82) is 0 Å². The summed E-state index contributed by atoms with van der Waals surface area (Å²) in [6.45, 7) is 4.58. The van der Waals surface area contributed by atoms with Crippen molar-refractivity contribution in [1.82, 2.24) is 4.90 Å². The van der Waals surface area contributed by atoms with E-state index < -0.39 is 11.4 Å². The average molecular weight is 236 g/mol. The smallest absolute Gasteiger partial charge is 0.310 e. The number of nitrogens with two attached hydrogens (primary N) is 1. The quantitative estimate of drug-likeness (QED) is 0.765. The molecule has 4 nitrogen and oxygen atoms in total. The van der Waals surface area contributed by atoms with Gasteiger partial charge in [0.1, 0.15) is 0 Å². The third kappa shape index (κ3) is 3.75. The van der Waals surface area contributed by atoms with E-state index in [0.717, 1.165) is 11.3 Å². The SMILES string of the molecule is CN(Cc1ccccc1N)CC(C)(C)C(=O)O. The molecule has 0 aromatic heterocycles. The molecular weight excluding hydrogens is 216 g/mol. The van der Waals surface area contributed by atoms with Gasteiger partial charge in [-0.15, -0.1) is 0 Å². The second kappa shape index (κ2) is 5.19. The summed E-state index contributed by atoms with van der Waals surface area (Å²) < 4.78 is 0. The fraction of sp³-hybridized carbons (Fsp3) is 0.462. The molecule has 1 aromatic rings. The monoisotopic (exact) mass is 236 g/mol. The van der Waals surface area contributed by atoms with Crippen LogP contribution in [0.1, 0.15) is 19.4 Å². The van der Waals surface area contributed by atoms with E-state index in [9.17, 15) is 4.79 Å². The van der Waals surface area contributed by atoms with Gasteiger partial charge in [-0.05, 0) is 32.5 Å². The first-order valence-corrected chi connectivity index (χ1v) is 5.58. The lowest BCUT2D eigenvalue weighted by Gasteiger charge is -2.26. The molecule has 1 rings (SSSR count). The van der Waals surface area contributed by atoms with Crippen LogP contribution in [0.4, 0.5) is 5.69 Å². The van der Waals surface area contributed by atoms with E-state index in [1.54, 1.807) is 13.8 Å². The third-order valence-electron chi connectivity index (χ3n) is 2.74. The van der Waals surface area contributed by atoms with Crippen LogP contribution in [0.5, 0.6) is 0 Å². The fourth-order valence-corrected chi connectivity index (χ4v) is 1.77.